The van der Waals surface area contributed by atoms with Crippen molar-refractivity contribution in [1.29, 1.82) is 0 Å². The molecule has 0 aromatic carbocycles. The fourth-order valence-electron chi connectivity index (χ4n) is 1.25. The normalized spacial score (nSPS) is 14.6. The highest BCUT2D eigenvalue weighted by Crippen LogP contribution is 2.11. The van der Waals surface area contributed by atoms with Crippen LogP contribution in [0, 0.1) is 6.92 Å². The van der Waals surface area contributed by atoms with Crippen LogP contribution >= 0.6 is 0 Å². The predicted octanol–water partition coefficient (Wildman–Crippen LogP) is 1.96. The minimum Gasteiger partial charge on any atom is -0.385 e. The maximum atomic E-state index is 11.1. The molecule has 0 fully saturated rings. The molecule has 1 aromatic rings. The maximum Gasteiger partial charge on any atom is 0.0400 e. The molecule has 1 aromatic heterocycles. The molecule has 0 aliphatic carbocycles. The summed E-state index contributed by atoms with van der Waals surface area (Å²) in [6.45, 7) is 4.89. The molecule has 1 heterocycles. The lowest BCUT2D eigenvalue weighted by Gasteiger charge is -2.11. The van der Waals surface area contributed by atoms with Crippen LogP contribution in [0.2, 0.25) is 0 Å². The first-order chi connectivity index (χ1) is 7.11. The molecule has 1 N–H and O–H groups in total. The molecule has 2 unspecified atom stereocenters. The summed E-state index contributed by atoms with van der Waals surface area (Å²) in [5.41, 5.74) is 2.25. The molecule has 2 atom stereocenters. The van der Waals surface area contributed by atoms with Gasteiger partial charge in [0.05, 0.1) is 0 Å². The first-order valence-corrected chi connectivity index (χ1v) is 6.70. The largest absolute Gasteiger partial charge is 0.385 e. The Morgan fingerprint density at radius 3 is 2.93 bits per heavy atom. The zero-order valence-electron chi connectivity index (χ0n) is 9.49. The number of nitrogens with zero attached hydrogens (tertiary/aromatic N) is 1. The topological polar surface area (TPSA) is 42.0 Å². The Hall–Kier alpha value is -0.900. The van der Waals surface area contributed by atoms with Crippen molar-refractivity contribution < 1.29 is 4.21 Å². The van der Waals surface area contributed by atoms with Crippen LogP contribution in [0.25, 0.3) is 0 Å². The monoisotopic (exact) mass is 226 g/mol. The zero-order chi connectivity index (χ0) is 11.3. The second kappa shape index (κ2) is 5.85. The summed E-state index contributed by atoms with van der Waals surface area (Å²) >= 11 is 0. The van der Waals surface area contributed by atoms with E-state index in [0.29, 0.717) is 0 Å². The van der Waals surface area contributed by atoms with Crippen LogP contribution in [0.3, 0.4) is 0 Å². The summed E-state index contributed by atoms with van der Waals surface area (Å²) in [7, 11) is -0.726. The van der Waals surface area contributed by atoms with Crippen molar-refractivity contribution >= 4 is 16.5 Å². The third-order valence-corrected chi connectivity index (χ3v) is 3.82. The second-order valence-electron chi connectivity index (χ2n) is 3.72. The zero-order valence-corrected chi connectivity index (χ0v) is 10.3. The molecule has 0 aliphatic rings. The summed E-state index contributed by atoms with van der Waals surface area (Å²) < 4.78 is 11.1. The van der Waals surface area contributed by atoms with Gasteiger partial charge in [0, 0.05) is 46.9 Å². The van der Waals surface area contributed by atoms with Gasteiger partial charge < -0.3 is 5.32 Å². The minimum atomic E-state index is -0.726. The van der Waals surface area contributed by atoms with Gasteiger partial charge in [-0.2, -0.15) is 0 Å². The lowest BCUT2D eigenvalue weighted by Crippen LogP contribution is -2.15. The highest BCUT2D eigenvalue weighted by molar-refractivity contribution is 7.84. The molecule has 0 amide bonds. The molecule has 4 heteroatoms. The molecule has 3 nitrogen and oxygen atoms in total. The molecular formula is C11H18N2OS. The van der Waals surface area contributed by atoms with E-state index < -0.39 is 10.8 Å². The molecule has 0 saturated carbocycles. The third kappa shape index (κ3) is 4.00. The molecular weight excluding hydrogens is 208 g/mol. The lowest BCUT2D eigenvalue weighted by molar-refractivity contribution is 0.672. The van der Waals surface area contributed by atoms with Gasteiger partial charge in [-0.05, 0) is 25.0 Å². The molecule has 0 radical (unpaired) electrons. The molecule has 0 aliphatic heterocycles. The summed E-state index contributed by atoms with van der Waals surface area (Å²) in [5.74, 6) is 0. The Morgan fingerprint density at radius 2 is 2.33 bits per heavy atom. The van der Waals surface area contributed by atoms with E-state index in [2.05, 4.69) is 10.3 Å². The van der Waals surface area contributed by atoms with Gasteiger partial charge in [-0.3, -0.25) is 9.19 Å². The van der Waals surface area contributed by atoms with Gasteiger partial charge in [0.2, 0.25) is 0 Å². The third-order valence-electron chi connectivity index (χ3n) is 2.45. The Morgan fingerprint density at radius 1 is 1.60 bits per heavy atom. The van der Waals surface area contributed by atoms with Gasteiger partial charge in [0.15, 0.2) is 0 Å². The predicted molar refractivity (Wildman–Crippen MR) is 65.6 cm³/mol. The van der Waals surface area contributed by atoms with E-state index >= 15 is 0 Å². The number of hydrogen-bond donors (Lipinski definition) is 1. The molecule has 84 valence electrons. The second-order valence-corrected chi connectivity index (χ2v) is 5.52. The summed E-state index contributed by atoms with van der Waals surface area (Å²) in [6, 6.07) is 1.96. The number of anilines is 1. The van der Waals surface area contributed by atoms with Crippen molar-refractivity contribution in [2.75, 3.05) is 18.1 Å². The van der Waals surface area contributed by atoms with Crippen molar-refractivity contribution in [2.24, 2.45) is 0 Å². The Balaban J connectivity index is 2.38. The van der Waals surface area contributed by atoms with E-state index in [1.165, 1.54) is 0 Å². The van der Waals surface area contributed by atoms with Gasteiger partial charge in [-0.15, -0.1) is 0 Å². The molecule has 0 spiro atoms. The van der Waals surface area contributed by atoms with Crippen molar-refractivity contribution in [3.63, 3.8) is 0 Å². The fourth-order valence-corrected chi connectivity index (χ4v) is 1.70. The lowest BCUT2D eigenvalue weighted by atomic mass is 10.2. The number of rotatable bonds is 5. The van der Waals surface area contributed by atoms with Crippen molar-refractivity contribution in [3.8, 4) is 0 Å². The standard InChI is InChI=1S/C11H18N2OS/c1-9-8-12-6-5-11(9)13-7-4-10(2)15(3)14/h5-6,8,10H,4,7H2,1-3H3,(H,12,13). The summed E-state index contributed by atoms with van der Waals surface area (Å²) in [4.78, 5) is 4.03. The van der Waals surface area contributed by atoms with Crippen LogP contribution in [-0.2, 0) is 10.8 Å². The molecule has 0 saturated heterocycles. The van der Waals surface area contributed by atoms with E-state index in [1.54, 1.807) is 12.5 Å². The van der Waals surface area contributed by atoms with Crippen LogP contribution in [0.15, 0.2) is 18.5 Å². The Bertz CT molecular complexity index is 341. The summed E-state index contributed by atoms with van der Waals surface area (Å²) in [6.07, 6.45) is 6.29. The van der Waals surface area contributed by atoms with Crippen molar-refractivity contribution in [1.82, 2.24) is 4.98 Å². The molecule has 15 heavy (non-hydrogen) atoms. The fraction of sp³-hybridized carbons (Fsp3) is 0.545. The number of pyridine rings is 1. The quantitative estimate of drug-likeness (QED) is 0.834. The molecule has 1 rings (SSSR count). The smallest absolute Gasteiger partial charge is 0.0400 e. The van der Waals surface area contributed by atoms with Gasteiger partial charge in [-0.1, -0.05) is 6.92 Å². The summed E-state index contributed by atoms with van der Waals surface area (Å²) in [5, 5.41) is 3.57. The van der Waals surface area contributed by atoms with E-state index in [0.717, 1.165) is 24.2 Å². The number of aromatic nitrogens is 1. The van der Waals surface area contributed by atoms with Gasteiger partial charge >= 0.3 is 0 Å². The number of aryl methyl sites for hydroxylation is 1. The van der Waals surface area contributed by atoms with Crippen LogP contribution in [-0.4, -0.2) is 27.2 Å². The molecule has 0 bridgehead atoms. The van der Waals surface area contributed by atoms with E-state index in [1.807, 2.05) is 26.1 Å². The Kier molecular flexibility index (Phi) is 4.75. The van der Waals surface area contributed by atoms with Crippen LogP contribution in [0.1, 0.15) is 18.9 Å². The number of nitrogens with one attached hydrogen (secondary N) is 1. The van der Waals surface area contributed by atoms with E-state index in [4.69, 9.17) is 0 Å². The van der Waals surface area contributed by atoms with Crippen LogP contribution in [0.4, 0.5) is 5.69 Å². The minimum absolute atomic E-state index is 0.250. The van der Waals surface area contributed by atoms with Crippen LogP contribution < -0.4 is 5.32 Å². The van der Waals surface area contributed by atoms with E-state index in [9.17, 15) is 4.21 Å². The van der Waals surface area contributed by atoms with E-state index in [-0.39, 0.29) is 5.25 Å². The average molecular weight is 226 g/mol. The average Bonchev–Trinajstić information content (AvgIpc) is 2.20. The highest BCUT2D eigenvalue weighted by atomic mass is 32.2. The van der Waals surface area contributed by atoms with Crippen molar-refractivity contribution in [3.05, 3.63) is 24.0 Å². The van der Waals surface area contributed by atoms with Gasteiger partial charge in [0.1, 0.15) is 0 Å². The first kappa shape index (κ1) is 12.2. The van der Waals surface area contributed by atoms with Gasteiger partial charge in [0.25, 0.3) is 0 Å². The maximum absolute atomic E-state index is 11.1. The number of hydrogen-bond acceptors (Lipinski definition) is 3. The van der Waals surface area contributed by atoms with Crippen molar-refractivity contribution in [2.45, 2.75) is 25.5 Å². The SMILES string of the molecule is Cc1cnccc1NCCC(C)S(C)=O. The highest BCUT2D eigenvalue weighted by Gasteiger charge is 2.05. The van der Waals surface area contributed by atoms with Gasteiger partial charge in [-0.25, -0.2) is 0 Å². The van der Waals surface area contributed by atoms with Crippen LogP contribution in [0.5, 0.6) is 0 Å². The Labute approximate surface area is 93.8 Å². The first-order valence-electron chi connectivity index (χ1n) is 5.08.